The maximum atomic E-state index is 15.2. The molecule has 14 heteroatoms. The van der Waals surface area contributed by atoms with Crippen molar-refractivity contribution in [1.82, 2.24) is 25.3 Å². The summed E-state index contributed by atoms with van der Waals surface area (Å²) in [6.45, 7) is 6.97. The van der Waals surface area contributed by atoms with Crippen molar-refractivity contribution >= 4 is 33.5 Å². The Morgan fingerprint density at radius 2 is 1.67 bits per heavy atom. The minimum Gasteiger partial charge on any atom is -0.378 e. The van der Waals surface area contributed by atoms with Crippen molar-refractivity contribution in [2.24, 2.45) is 17.3 Å². The quantitative estimate of drug-likeness (QED) is 0.153. The molecule has 5 fully saturated rings. The summed E-state index contributed by atoms with van der Waals surface area (Å²) in [4.78, 5) is 31.6. The molecule has 0 aromatic carbocycles. The summed E-state index contributed by atoms with van der Waals surface area (Å²) in [5.41, 5.74) is -0.0738. The highest BCUT2D eigenvalue weighted by atomic mass is 35.5. The number of carbonyl (C=O) groups is 2. The molecule has 0 aromatic rings. The molecule has 3 N–H and O–H groups in total. The molecule has 3 unspecified atom stereocenters. The van der Waals surface area contributed by atoms with Gasteiger partial charge in [-0.3, -0.25) is 29.7 Å². The Labute approximate surface area is 273 Å². The predicted octanol–water partition coefficient (Wildman–Crippen LogP) is 2.59. The number of halogens is 2. The second-order valence-corrected chi connectivity index (χ2v) is 16.5. The molecular weight excluding hydrogens is 625 g/mol. The van der Waals surface area contributed by atoms with E-state index in [2.05, 4.69) is 15.5 Å². The van der Waals surface area contributed by atoms with Crippen LogP contribution in [-0.2, 0) is 24.4 Å². The zero-order valence-corrected chi connectivity index (χ0v) is 28.1. The number of carbonyl (C=O) groups excluding carboxylic acids is 2. The number of unbranched alkanes of at least 4 members (excludes halogenated alkanes) is 1. The van der Waals surface area contributed by atoms with Gasteiger partial charge >= 0.3 is 0 Å². The number of hydrogen-bond donors (Lipinski definition) is 3. The van der Waals surface area contributed by atoms with E-state index in [0.717, 1.165) is 51.9 Å². The summed E-state index contributed by atoms with van der Waals surface area (Å²) in [5.74, 6) is 0.118. The Hall–Kier alpha value is -1.09. The number of hydrogen-bond acceptors (Lipinski definition) is 8. The fourth-order valence-corrected chi connectivity index (χ4v) is 8.69. The van der Waals surface area contributed by atoms with Crippen LogP contribution in [0.25, 0.3) is 0 Å². The van der Waals surface area contributed by atoms with Crippen LogP contribution in [0, 0.1) is 17.3 Å². The molecule has 258 valence electrons. The highest BCUT2D eigenvalue weighted by molar-refractivity contribution is 7.85. The maximum absolute atomic E-state index is 15.2. The highest BCUT2D eigenvalue weighted by Crippen LogP contribution is 2.41. The van der Waals surface area contributed by atoms with E-state index >= 15 is 4.39 Å². The van der Waals surface area contributed by atoms with Crippen LogP contribution < -0.4 is 10.6 Å². The van der Waals surface area contributed by atoms with Crippen LogP contribution in [0.2, 0.25) is 0 Å². The highest BCUT2D eigenvalue weighted by Gasteiger charge is 2.50. The average molecular weight is 678 g/mol. The molecule has 5 rings (SSSR count). The van der Waals surface area contributed by atoms with Gasteiger partial charge in [-0.15, -0.1) is 11.6 Å². The van der Waals surface area contributed by atoms with Gasteiger partial charge < -0.3 is 14.5 Å². The summed E-state index contributed by atoms with van der Waals surface area (Å²) in [7, 11) is -4.00. The number of amides is 2. The van der Waals surface area contributed by atoms with Crippen molar-refractivity contribution in [3.05, 3.63) is 0 Å². The van der Waals surface area contributed by atoms with Crippen LogP contribution in [0.4, 0.5) is 4.39 Å². The van der Waals surface area contributed by atoms with Crippen molar-refractivity contribution in [2.75, 3.05) is 64.7 Å². The molecule has 0 aromatic heterocycles. The lowest BCUT2D eigenvalue weighted by atomic mass is 9.78. The molecule has 3 atom stereocenters. The van der Waals surface area contributed by atoms with Gasteiger partial charge in [-0.1, -0.05) is 0 Å². The zero-order chi connectivity index (χ0) is 32.0. The van der Waals surface area contributed by atoms with Gasteiger partial charge in [-0.05, 0) is 69.6 Å². The van der Waals surface area contributed by atoms with Gasteiger partial charge in [0.1, 0.15) is 12.5 Å². The standard InChI is InChI=1S/C31H53ClFN5O6S/c32-25-18-34-30(35-19-25)36-11-8-23(9-12-36)4-3-14-44-26-7-6-24(27(33)17-26)16-29(40)37-13-10-31(20-37)21-38(22-31)28(39)5-1-2-15-45(41,42)43/h23-27,30,34-35H,1-22H2,(H,41,42,43). The minimum atomic E-state index is -4.00. The van der Waals surface area contributed by atoms with Crippen molar-refractivity contribution in [2.45, 2.75) is 101 Å². The number of nitrogens with zero attached hydrogens (tertiary/aromatic N) is 3. The SMILES string of the molecule is O=C(CC1CCC(OCCCC2CCN(C3NCC(Cl)CN3)CC2)CC1F)N1CCC2(C1)CN(C(=O)CCCCS(=O)(=O)O)C2. The number of likely N-dealkylation sites (tertiary alicyclic amines) is 3. The Morgan fingerprint density at radius 1 is 0.956 bits per heavy atom. The molecule has 1 saturated carbocycles. The lowest BCUT2D eigenvalue weighted by molar-refractivity contribution is -0.143. The van der Waals surface area contributed by atoms with Crippen LogP contribution >= 0.6 is 11.6 Å². The van der Waals surface area contributed by atoms with Gasteiger partial charge in [0.2, 0.25) is 11.8 Å². The second kappa shape index (κ2) is 15.9. The molecule has 45 heavy (non-hydrogen) atoms. The van der Waals surface area contributed by atoms with Gasteiger partial charge in [-0.25, -0.2) is 4.39 Å². The second-order valence-electron chi connectivity index (χ2n) is 14.3. The van der Waals surface area contributed by atoms with E-state index < -0.39 is 16.3 Å². The summed E-state index contributed by atoms with van der Waals surface area (Å²) in [6.07, 6.45) is 7.49. The zero-order valence-electron chi connectivity index (χ0n) is 26.5. The van der Waals surface area contributed by atoms with Crippen LogP contribution in [0.3, 0.4) is 0 Å². The first-order chi connectivity index (χ1) is 21.5. The summed E-state index contributed by atoms with van der Waals surface area (Å²) in [5, 5.41) is 7.11. The number of piperidine rings is 1. The maximum Gasteiger partial charge on any atom is 0.264 e. The Kier molecular flexibility index (Phi) is 12.4. The van der Waals surface area contributed by atoms with Crippen LogP contribution in [-0.4, -0.2) is 128 Å². The first-order valence-corrected chi connectivity index (χ1v) is 19.1. The molecular formula is C31H53ClFN5O6S. The van der Waals surface area contributed by atoms with E-state index in [1.165, 1.54) is 12.8 Å². The predicted molar refractivity (Wildman–Crippen MR) is 170 cm³/mol. The lowest BCUT2D eigenvalue weighted by Gasteiger charge is -2.48. The van der Waals surface area contributed by atoms with E-state index in [1.54, 1.807) is 4.90 Å². The van der Waals surface area contributed by atoms with Crippen LogP contribution in [0.1, 0.15) is 77.0 Å². The van der Waals surface area contributed by atoms with E-state index in [0.29, 0.717) is 58.0 Å². The lowest BCUT2D eigenvalue weighted by Crippen LogP contribution is -2.62. The molecule has 4 saturated heterocycles. The third kappa shape index (κ3) is 10.2. The minimum absolute atomic E-state index is 0.0122. The molecule has 4 aliphatic heterocycles. The van der Waals surface area contributed by atoms with Crippen molar-refractivity contribution in [3.63, 3.8) is 0 Å². The Bertz CT molecular complexity index is 1100. The van der Waals surface area contributed by atoms with Gasteiger partial charge in [0, 0.05) is 83.6 Å². The topological polar surface area (TPSA) is 132 Å². The third-order valence-corrected chi connectivity index (χ3v) is 11.8. The van der Waals surface area contributed by atoms with Crippen molar-refractivity contribution < 1.29 is 31.7 Å². The smallest absolute Gasteiger partial charge is 0.264 e. The molecule has 4 heterocycles. The van der Waals surface area contributed by atoms with Crippen LogP contribution in [0.5, 0.6) is 0 Å². The molecule has 0 bridgehead atoms. The summed E-state index contributed by atoms with van der Waals surface area (Å²) >= 11 is 6.16. The molecule has 5 aliphatic rings. The first-order valence-electron chi connectivity index (χ1n) is 17.1. The van der Waals surface area contributed by atoms with Gasteiger partial charge in [0.05, 0.1) is 17.2 Å². The van der Waals surface area contributed by atoms with Crippen LogP contribution in [0.15, 0.2) is 0 Å². The molecule has 0 radical (unpaired) electrons. The summed E-state index contributed by atoms with van der Waals surface area (Å²) < 4.78 is 51.7. The average Bonchev–Trinajstić information content (AvgIpc) is 3.45. The first kappa shape index (κ1) is 35.2. The molecule has 1 aliphatic carbocycles. The van der Waals surface area contributed by atoms with E-state index in [4.69, 9.17) is 20.9 Å². The van der Waals surface area contributed by atoms with Crippen molar-refractivity contribution in [3.8, 4) is 0 Å². The number of ether oxygens (including phenoxy) is 1. The number of alkyl halides is 2. The van der Waals surface area contributed by atoms with Gasteiger partial charge in [-0.2, -0.15) is 8.42 Å². The number of rotatable bonds is 13. The fraction of sp³-hybridized carbons (Fsp3) is 0.935. The monoisotopic (exact) mass is 677 g/mol. The van der Waals surface area contributed by atoms with E-state index in [-0.39, 0.29) is 65.9 Å². The van der Waals surface area contributed by atoms with E-state index in [9.17, 15) is 18.0 Å². The largest absolute Gasteiger partial charge is 0.378 e. The van der Waals surface area contributed by atoms with E-state index in [1.807, 2.05) is 4.90 Å². The number of nitrogens with one attached hydrogen (secondary N) is 2. The fourth-order valence-electron chi connectivity index (χ4n) is 7.95. The molecule has 1 spiro atoms. The Morgan fingerprint density at radius 3 is 2.36 bits per heavy atom. The van der Waals surface area contributed by atoms with Crippen molar-refractivity contribution in [1.29, 1.82) is 0 Å². The Balaban J connectivity index is 0.910. The summed E-state index contributed by atoms with van der Waals surface area (Å²) in [6, 6.07) is 0. The normalized spacial score (nSPS) is 31.3. The third-order valence-electron chi connectivity index (χ3n) is 10.7. The van der Waals surface area contributed by atoms with Gasteiger partial charge in [0.15, 0.2) is 0 Å². The molecule has 2 amide bonds. The molecule has 11 nitrogen and oxygen atoms in total. The van der Waals surface area contributed by atoms with Gasteiger partial charge in [0.25, 0.3) is 10.1 Å².